The lowest BCUT2D eigenvalue weighted by molar-refractivity contribution is 0.789. The number of H-pyrrole nitrogens is 1. The fourth-order valence-corrected chi connectivity index (χ4v) is 1.53. The number of aromatic amines is 1. The summed E-state index contributed by atoms with van der Waals surface area (Å²) in [5.41, 5.74) is 3.39. The molecule has 0 fully saturated rings. The minimum Gasteiger partial charge on any atom is -0.345 e. The van der Waals surface area contributed by atoms with Gasteiger partial charge in [-0.25, -0.2) is 4.98 Å². The van der Waals surface area contributed by atoms with Crippen molar-refractivity contribution < 1.29 is 0 Å². The van der Waals surface area contributed by atoms with E-state index in [1.807, 2.05) is 6.08 Å². The molecule has 0 aliphatic heterocycles. The zero-order valence-corrected chi connectivity index (χ0v) is 11.0. The number of nitrogens with zero attached hydrogens (tertiary/aromatic N) is 1. The lowest BCUT2D eigenvalue weighted by atomic mass is 10.0. The van der Waals surface area contributed by atoms with Gasteiger partial charge in [-0.15, -0.1) is 0 Å². The monoisotopic (exact) mass is 218 g/mol. The molecule has 0 aliphatic carbocycles. The van der Waals surface area contributed by atoms with E-state index in [2.05, 4.69) is 57.2 Å². The van der Waals surface area contributed by atoms with Gasteiger partial charge in [0, 0.05) is 11.6 Å². The van der Waals surface area contributed by atoms with E-state index in [9.17, 15) is 0 Å². The summed E-state index contributed by atoms with van der Waals surface area (Å²) in [4.78, 5) is 7.92. The number of aromatic nitrogens is 2. The van der Waals surface area contributed by atoms with E-state index in [0.717, 1.165) is 17.2 Å². The molecule has 0 amide bonds. The molecule has 2 nitrogen and oxygen atoms in total. The first-order chi connectivity index (χ1) is 7.45. The van der Waals surface area contributed by atoms with Gasteiger partial charge >= 0.3 is 0 Å². The molecule has 0 saturated heterocycles. The largest absolute Gasteiger partial charge is 0.345 e. The van der Waals surface area contributed by atoms with Gasteiger partial charge in [0.1, 0.15) is 5.82 Å². The van der Waals surface area contributed by atoms with E-state index < -0.39 is 0 Å². The Morgan fingerprint density at radius 3 is 2.31 bits per heavy atom. The maximum atomic E-state index is 4.60. The fourth-order valence-electron chi connectivity index (χ4n) is 1.53. The van der Waals surface area contributed by atoms with Crippen LogP contribution in [-0.2, 0) is 0 Å². The normalized spacial score (nSPS) is 12.6. The van der Waals surface area contributed by atoms with Gasteiger partial charge in [0.15, 0.2) is 0 Å². The number of imidazole rings is 1. The molecule has 0 aromatic carbocycles. The summed E-state index contributed by atoms with van der Waals surface area (Å²) < 4.78 is 0. The van der Waals surface area contributed by atoms with Gasteiger partial charge in [0.05, 0.1) is 5.69 Å². The molecule has 2 heteroatoms. The van der Waals surface area contributed by atoms with E-state index in [-0.39, 0.29) is 0 Å². The van der Waals surface area contributed by atoms with Gasteiger partial charge in [0.25, 0.3) is 0 Å². The average Bonchev–Trinajstić information content (AvgIpc) is 2.56. The number of hydrogen-bond donors (Lipinski definition) is 1. The lowest BCUT2D eigenvalue weighted by Crippen LogP contribution is -1.91. The third kappa shape index (κ3) is 2.84. The van der Waals surface area contributed by atoms with Crippen LogP contribution in [0.4, 0.5) is 0 Å². The Labute approximate surface area is 98.5 Å². The number of aryl methyl sites for hydroxylation is 1. The van der Waals surface area contributed by atoms with Crippen LogP contribution in [0.3, 0.4) is 0 Å². The number of nitrogens with one attached hydrogen (secondary N) is 1. The number of allylic oxidation sites excluding steroid dienone is 2. The highest BCUT2D eigenvalue weighted by atomic mass is 14.9. The predicted molar refractivity (Wildman–Crippen MR) is 70.4 cm³/mol. The van der Waals surface area contributed by atoms with Gasteiger partial charge in [0.2, 0.25) is 0 Å². The van der Waals surface area contributed by atoms with Crippen molar-refractivity contribution in [1.82, 2.24) is 9.97 Å². The molecule has 16 heavy (non-hydrogen) atoms. The molecule has 1 N–H and O–H groups in total. The van der Waals surface area contributed by atoms with Crippen molar-refractivity contribution >= 4 is 6.08 Å². The third-order valence-corrected chi connectivity index (χ3v) is 2.69. The smallest absolute Gasteiger partial charge is 0.109 e. The van der Waals surface area contributed by atoms with E-state index in [4.69, 9.17) is 0 Å². The van der Waals surface area contributed by atoms with Crippen LogP contribution in [0.2, 0.25) is 0 Å². The molecule has 0 spiro atoms. The second kappa shape index (κ2) is 5.15. The number of hydrogen-bond acceptors (Lipinski definition) is 1. The Morgan fingerprint density at radius 1 is 1.31 bits per heavy atom. The molecule has 0 unspecified atom stereocenters. The zero-order valence-electron chi connectivity index (χ0n) is 11.0. The van der Waals surface area contributed by atoms with Gasteiger partial charge < -0.3 is 4.98 Å². The van der Waals surface area contributed by atoms with Crippen LogP contribution in [0.1, 0.15) is 50.8 Å². The summed E-state index contributed by atoms with van der Waals surface area (Å²) in [7, 11) is 0. The Morgan fingerprint density at radius 2 is 1.94 bits per heavy atom. The van der Waals surface area contributed by atoms with Crippen LogP contribution in [0.15, 0.2) is 18.2 Å². The fraction of sp³-hybridized carbons (Fsp3) is 0.500. The Hall–Kier alpha value is -1.31. The molecule has 88 valence electrons. The van der Waals surface area contributed by atoms with Gasteiger partial charge in [-0.05, 0) is 24.5 Å². The van der Waals surface area contributed by atoms with Gasteiger partial charge in [-0.3, -0.25) is 0 Å². The summed E-state index contributed by atoms with van der Waals surface area (Å²) in [6, 6.07) is 0. The molecule has 0 saturated carbocycles. The molecule has 1 aromatic rings. The predicted octanol–water partition coefficient (Wildman–Crippen LogP) is 4.07. The summed E-state index contributed by atoms with van der Waals surface area (Å²) in [6.07, 6.45) is 4.03. The average molecular weight is 218 g/mol. The maximum absolute atomic E-state index is 4.60. The van der Waals surface area contributed by atoms with Crippen molar-refractivity contribution in [3.05, 3.63) is 35.4 Å². The van der Waals surface area contributed by atoms with E-state index in [0.29, 0.717) is 11.8 Å². The van der Waals surface area contributed by atoms with Crippen molar-refractivity contribution in [2.45, 2.75) is 40.5 Å². The van der Waals surface area contributed by atoms with Crippen LogP contribution < -0.4 is 0 Å². The first kappa shape index (κ1) is 12.8. The summed E-state index contributed by atoms with van der Waals surface area (Å²) in [6.45, 7) is 14.5. The van der Waals surface area contributed by atoms with Crippen molar-refractivity contribution in [3.8, 4) is 0 Å². The van der Waals surface area contributed by atoms with Crippen molar-refractivity contribution in [2.75, 3.05) is 0 Å². The van der Waals surface area contributed by atoms with Crippen LogP contribution >= 0.6 is 0 Å². The lowest BCUT2D eigenvalue weighted by Gasteiger charge is -2.04. The number of rotatable bonds is 4. The van der Waals surface area contributed by atoms with Crippen LogP contribution in [0, 0.1) is 12.8 Å². The summed E-state index contributed by atoms with van der Waals surface area (Å²) in [5, 5.41) is 0. The van der Waals surface area contributed by atoms with Crippen LogP contribution in [-0.4, -0.2) is 9.97 Å². The molecule has 0 bridgehead atoms. The SMILES string of the molecule is C=C/C(=C\c1nc(C(C)C)[nH]c1C)C(C)C. The van der Waals surface area contributed by atoms with Gasteiger partial charge in [-0.1, -0.05) is 40.3 Å². The molecule has 1 heterocycles. The molecule has 0 aliphatic rings. The molecule has 0 atom stereocenters. The molecular formula is C14H22N2. The summed E-state index contributed by atoms with van der Waals surface area (Å²) in [5.74, 6) is 1.97. The van der Waals surface area contributed by atoms with Gasteiger partial charge in [-0.2, -0.15) is 0 Å². The maximum Gasteiger partial charge on any atom is 0.109 e. The summed E-state index contributed by atoms with van der Waals surface area (Å²) >= 11 is 0. The third-order valence-electron chi connectivity index (χ3n) is 2.69. The van der Waals surface area contributed by atoms with Crippen LogP contribution in [0.5, 0.6) is 0 Å². The standard InChI is InChI=1S/C14H22N2/c1-7-12(9(2)3)8-13-11(6)15-14(16-13)10(4)5/h7-10H,1H2,2-6H3,(H,15,16)/b12-8+. The minimum atomic E-state index is 0.437. The molecule has 1 aromatic heterocycles. The highest BCUT2D eigenvalue weighted by Gasteiger charge is 2.08. The Bertz CT molecular complexity index is 395. The van der Waals surface area contributed by atoms with Crippen LogP contribution in [0.25, 0.3) is 6.08 Å². The van der Waals surface area contributed by atoms with Crippen molar-refractivity contribution in [3.63, 3.8) is 0 Å². The highest BCUT2D eigenvalue weighted by Crippen LogP contribution is 2.19. The van der Waals surface area contributed by atoms with E-state index >= 15 is 0 Å². The van der Waals surface area contributed by atoms with E-state index in [1.54, 1.807) is 0 Å². The Balaban J connectivity index is 3.09. The quantitative estimate of drug-likeness (QED) is 0.758. The molecular weight excluding hydrogens is 196 g/mol. The van der Waals surface area contributed by atoms with E-state index in [1.165, 1.54) is 5.57 Å². The van der Waals surface area contributed by atoms with Crippen molar-refractivity contribution in [2.24, 2.45) is 5.92 Å². The highest BCUT2D eigenvalue weighted by molar-refractivity contribution is 5.55. The minimum absolute atomic E-state index is 0.437. The first-order valence-corrected chi connectivity index (χ1v) is 5.86. The van der Waals surface area contributed by atoms with Crippen molar-refractivity contribution in [1.29, 1.82) is 0 Å². The topological polar surface area (TPSA) is 28.7 Å². The second-order valence-electron chi connectivity index (χ2n) is 4.79. The first-order valence-electron chi connectivity index (χ1n) is 5.86. The Kier molecular flexibility index (Phi) is 4.11. The molecule has 1 rings (SSSR count). The zero-order chi connectivity index (χ0) is 12.3. The molecule has 0 radical (unpaired) electrons. The second-order valence-corrected chi connectivity index (χ2v) is 4.79.